The number of fused-ring (bicyclic) bond motifs is 1. The minimum Gasteiger partial charge on any atom is -0.374 e. The lowest BCUT2D eigenvalue weighted by atomic mass is 9.99. The SMILES string of the molecule is CCOC1COC(c2ccc3c(F)c(CCc4ccc(Cl)cc4)ccc3c2)OC1. The van der Waals surface area contributed by atoms with Gasteiger partial charge in [-0.15, -0.1) is 0 Å². The van der Waals surface area contributed by atoms with Crippen LogP contribution in [0.3, 0.4) is 0 Å². The first-order valence-corrected chi connectivity index (χ1v) is 10.3. The van der Waals surface area contributed by atoms with Crippen molar-refractivity contribution in [2.24, 2.45) is 0 Å². The lowest BCUT2D eigenvalue weighted by Crippen LogP contribution is -2.33. The Morgan fingerprint density at radius 2 is 1.76 bits per heavy atom. The van der Waals surface area contributed by atoms with Crippen molar-refractivity contribution in [2.75, 3.05) is 19.8 Å². The summed E-state index contributed by atoms with van der Waals surface area (Å²) >= 11 is 5.93. The van der Waals surface area contributed by atoms with Gasteiger partial charge in [0.25, 0.3) is 0 Å². The summed E-state index contributed by atoms with van der Waals surface area (Å²) in [6.07, 6.45) is 0.933. The highest BCUT2D eigenvalue weighted by atomic mass is 35.5. The molecule has 1 saturated heterocycles. The predicted octanol–water partition coefficient (Wildman–Crippen LogP) is 5.87. The van der Waals surface area contributed by atoms with Gasteiger partial charge >= 0.3 is 0 Å². The molecular weight excluding hydrogens is 391 g/mol. The fourth-order valence-electron chi connectivity index (χ4n) is 3.64. The molecule has 3 nitrogen and oxygen atoms in total. The second-order valence-electron chi connectivity index (χ2n) is 7.22. The Labute approximate surface area is 175 Å². The predicted molar refractivity (Wildman–Crippen MR) is 113 cm³/mol. The summed E-state index contributed by atoms with van der Waals surface area (Å²) in [7, 11) is 0. The molecular formula is C24H24ClFO3. The van der Waals surface area contributed by atoms with E-state index in [1.165, 1.54) is 0 Å². The van der Waals surface area contributed by atoms with E-state index < -0.39 is 6.29 Å². The molecule has 0 atom stereocenters. The number of aryl methyl sites for hydroxylation is 2. The summed E-state index contributed by atoms with van der Waals surface area (Å²) in [4.78, 5) is 0. The van der Waals surface area contributed by atoms with E-state index in [2.05, 4.69) is 0 Å². The summed E-state index contributed by atoms with van der Waals surface area (Å²) in [6, 6.07) is 17.1. The third kappa shape index (κ3) is 4.78. The quantitative estimate of drug-likeness (QED) is 0.505. The van der Waals surface area contributed by atoms with Gasteiger partial charge in [-0.3, -0.25) is 0 Å². The summed E-state index contributed by atoms with van der Waals surface area (Å²) in [5, 5.41) is 2.17. The third-order valence-corrected chi connectivity index (χ3v) is 5.45. The molecule has 0 aromatic heterocycles. The Kier molecular flexibility index (Phi) is 6.46. The van der Waals surface area contributed by atoms with Gasteiger partial charge in [-0.1, -0.05) is 48.0 Å². The van der Waals surface area contributed by atoms with Gasteiger partial charge in [0.2, 0.25) is 0 Å². The molecule has 0 amide bonds. The van der Waals surface area contributed by atoms with Crippen LogP contribution in [0.2, 0.25) is 5.02 Å². The highest BCUT2D eigenvalue weighted by Crippen LogP contribution is 2.29. The van der Waals surface area contributed by atoms with Crippen LogP contribution in [0.15, 0.2) is 54.6 Å². The molecule has 1 fully saturated rings. The lowest BCUT2D eigenvalue weighted by molar-refractivity contribution is -0.229. The van der Waals surface area contributed by atoms with Gasteiger partial charge in [0.05, 0.1) is 13.2 Å². The van der Waals surface area contributed by atoms with E-state index in [-0.39, 0.29) is 11.9 Å². The molecule has 0 bridgehead atoms. The van der Waals surface area contributed by atoms with Gasteiger partial charge < -0.3 is 14.2 Å². The highest BCUT2D eigenvalue weighted by Gasteiger charge is 2.24. The molecule has 5 heteroatoms. The molecule has 1 heterocycles. The fourth-order valence-corrected chi connectivity index (χ4v) is 3.76. The van der Waals surface area contributed by atoms with Crippen LogP contribution in [0.25, 0.3) is 10.8 Å². The number of halogens is 2. The van der Waals surface area contributed by atoms with Gasteiger partial charge in [0.1, 0.15) is 11.9 Å². The van der Waals surface area contributed by atoms with Crippen molar-refractivity contribution in [2.45, 2.75) is 32.2 Å². The van der Waals surface area contributed by atoms with E-state index in [0.717, 1.165) is 22.9 Å². The largest absolute Gasteiger partial charge is 0.374 e. The van der Waals surface area contributed by atoms with Crippen molar-refractivity contribution in [1.82, 2.24) is 0 Å². The van der Waals surface area contributed by atoms with Gasteiger partial charge in [-0.05, 0) is 54.5 Å². The van der Waals surface area contributed by atoms with E-state index >= 15 is 4.39 Å². The zero-order valence-electron chi connectivity index (χ0n) is 16.4. The van der Waals surface area contributed by atoms with Gasteiger partial charge in [-0.25, -0.2) is 4.39 Å². The van der Waals surface area contributed by atoms with Crippen molar-refractivity contribution >= 4 is 22.4 Å². The second-order valence-corrected chi connectivity index (χ2v) is 7.66. The molecule has 0 unspecified atom stereocenters. The maximum atomic E-state index is 15.0. The molecule has 0 radical (unpaired) electrons. The van der Waals surface area contributed by atoms with Crippen LogP contribution < -0.4 is 0 Å². The zero-order valence-corrected chi connectivity index (χ0v) is 17.1. The van der Waals surface area contributed by atoms with E-state index in [4.69, 9.17) is 25.8 Å². The Morgan fingerprint density at radius 1 is 1.00 bits per heavy atom. The van der Waals surface area contributed by atoms with Crippen molar-refractivity contribution in [1.29, 1.82) is 0 Å². The normalized spacial score (nSPS) is 19.6. The number of rotatable bonds is 6. The minimum atomic E-state index is -0.441. The van der Waals surface area contributed by atoms with Crippen LogP contribution >= 0.6 is 11.6 Å². The van der Waals surface area contributed by atoms with Crippen molar-refractivity contribution in [3.8, 4) is 0 Å². The Bertz CT molecular complexity index is 966. The maximum absolute atomic E-state index is 15.0. The van der Waals surface area contributed by atoms with Crippen LogP contribution in [0.4, 0.5) is 4.39 Å². The van der Waals surface area contributed by atoms with Crippen LogP contribution in [0.1, 0.15) is 29.9 Å². The Balaban J connectivity index is 1.47. The average Bonchev–Trinajstić information content (AvgIpc) is 2.75. The molecule has 0 saturated carbocycles. The highest BCUT2D eigenvalue weighted by molar-refractivity contribution is 6.30. The molecule has 3 aromatic rings. The van der Waals surface area contributed by atoms with Crippen LogP contribution in [0.5, 0.6) is 0 Å². The molecule has 0 aliphatic carbocycles. The van der Waals surface area contributed by atoms with Crippen molar-refractivity contribution in [3.05, 3.63) is 82.1 Å². The molecule has 0 spiro atoms. The van der Waals surface area contributed by atoms with Crippen LogP contribution in [-0.2, 0) is 27.1 Å². The number of hydrogen-bond donors (Lipinski definition) is 0. The molecule has 0 N–H and O–H groups in total. The van der Waals surface area contributed by atoms with Gasteiger partial charge in [-0.2, -0.15) is 0 Å². The number of benzene rings is 3. The lowest BCUT2D eigenvalue weighted by Gasteiger charge is -2.29. The summed E-state index contributed by atoms with van der Waals surface area (Å²) in [5.41, 5.74) is 2.74. The molecule has 1 aliphatic heterocycles. The van der Waals surface area contributed by atoms with Crippen molar-refractivity contribution < 1.29 is 18.6 Å². The monoisotopic (exact) mass is 414 g/mol. The first kappa shape index (κ1) is 20.3. The maximum Gasteiger partial charge on any atom is 0.184 e. The third-order valence-electron chi connectivity index (χ3n) is 5.20. The second kappa shape index (κ2) is 9.23. The smallest absolute Gasteiger partial charge is 0.184 e. The number of ether oxygens (including phenoxy) is 3. The van der Waals surface area contributed by atoms with E-state index in [9.17, 15) is 0 Å². The van der Waals surface area contributed by atoms with Crippen molar-refractivity contribution in [3.63, 3.8) is 0 Å². The minimum absolute atomic E-state index is 0.0302. The van der Waals surface area contributed by atoms with Gasteiger partial charge in [0, 0.05) is 22.6 Å². The summed E-state index contributed by atoms with van der Waals surface area (Å²) in [6.45, 7) is 3.58. The molecule has 29 heavy (non-hydrogen) atoms. The fraction of sp³-hybridized carbons (Fsp3) is 0.333. The van der Waals surface area contributed by atoms with Crippen LogP contribution in [0, 0.1) is 5.82 Å². The number of hydrogen-bond acceptors (Lipinski definition) is 3. The standard InChI is InChI=1S/C24H24ClFO3/c1-2-27-21-14-28-24(29-15-21)19-9-12-22-18(13-19)8-7-17(23(22)26)6-3-16-4-10-20(25)11-5-16/h4-5,7-13,21,24H,2-3,6,14-15H2,1H3. The van der Waals surface area contributed by atoms with Gasteiger partial charge in [0.15, 0.2) is 6.29 Å². The first-order valence-electron chi connectivity index (χ1n) is 9.94. The molecule has 152 valence electrons. The van der Waals surface area contributed by atoms with E-state index in [0.29, 0.717) is 42.2 Å². The average molecular weight is 415 g/mol. The van der Waals surface area contributed by atoms with E-state index in [1.807, 2.05) is 61.5 Å². The Hall–Kier alpha value is -1.98. The van der Waals surface area contributed by atoms with E-state index in [1.54, 1.807) is 0 Å². The first-order chi connectivity index (χ1) is 14.1. The van der Waals surface area contributed by atoms with Crippen LogP contribution in [-0.4, -0.2) is 25.9 Å². The Morgan fingerprint density at radius 3 is 2.48 bits per heavy atom. The zero-order chi connectivity index (χ0) is 20.2. The molecule has 3 aromatic carbocycles. The molecule has 4 rings (SSSR count). The summed E-state index contributed by atoms with van der Waals surface area (Å²) < 4.78 is 32.1. The topological polar surface area (TPSA) is 27.7 Å². The summed E-state index contributed by atoms with van der Waals surface area (Å²) in [5.74, 6) is -0.162. The molecule has 1 aliphatic rings.